The van der Waals surface area contributed by atoms with Gasteiger partial charge in [-0.05, 0) is 57.3 Å². The Morgan fingerprint density at radius 1 is 1.28 bits per heavy atom. The zero-order valence-electron chi connectivity index (χ0n) is 16.7. The van der Waals surface area contributed by atoms with Gasteiger partial charge in [0.05, 0.1) is 10.2 Å². The van der Waals surface area contributed by atoms with E-state index in [4.69, 9.17) is 9.97 Å². The van der Waals surface area contributed by atoms with Gasteiger partial charge in [0.25, 0.3) is 0 Å². The van der Waals surface area contributed by atoms with Gasteiger partial charge in [0, 0.05) is 29.9 Å². The summed E-state index contributed by atoms with van der Waals surface area (Å²) in [6, 6.07) is 5.70. The average molecular weight is 412 g/mol. The predicted molar refractivity (Wildman–Crippen MR) is 117 cm³/mol. The Morgan fingerprint density at radius 2 is 2.14 bits per heavy atom. The van der Waals surface area contributed by atoms with Crippen molar-refractivity contribution in [3.63, 3.8) is 0 Å². The van der Waals surface area contributed by atoms with E-state index in [2.05, 4.69) is 26.3 Å². The smallest absolute Gasteiger partial charge is 0.320 e. The van der Waals surface area contributed by atoms with Gasteiger partial charge in [-0.25, -0.2) is 19.7 Å². The Bertz CT molecular complexity index is 1020. The molecular weight excluding hydrogens is 386 g/mol. The van der Waals surface area contributed by atoms with Crippen LogP contribution in [0, 0.1) is 0 Å². The summed E-state index contributed by atoms with van der Waals surface area (Å²) in [6.07, 6.45) is 2.72. The van der Waals surface area contributed by atoms with E-state index in [9.17, 15) is 4.79 Å². The van der Waals surface area contributed by atoms with E-state index in [1.165, 1.54) is 0 Å². The lowest BCUT2D eigenvalue weighted by Gasteiger charge is -2.20. The molecule has 0 spiro atoms. The second kappa shape index (κ2) is 7.92. The normalized spacial score (nSPS) is 16.7. The van der Waals surface area contributed by atoms with E-state index in [1.54, 1.807) is 23.6 Å². The zero-order chi connectivity index (χ0) is 20.4. The van der Waals surface area contributed by atoms with Crippen LogP contribution in [0.2, 0.25) is 0 Å². The molecule has 0 saturated carbocycles. The summed E-state index contributed by atoms with van der Waals surface area (Å²) in [5.74, 6) is 1.91. The molecule has 1 aliphatic rings. The number of carbonyl (C=O) groups excluding carboxylic acids is 1. The molecule has 0 radical (unpaired) electrons. The molecule has 1 unspecified atom stereocenters. The van der Waals surface area contributed by atoms with Gasteiger partial charge >= 0.3 is 6.03 Å². The molecule has 8 nitrogen and oxygen atoms in total. The van der Waals surface area contributed by atoms with Crippen LogP contribution < -0.4 is 21.3 Å². The molecule has 3 aromatic rings. The molecule has 1 fully saturated rings. The van der Waals surface area contributed by atoms with Crippen molar-refractivity contribution >= 4 is 39.2 Å². The fraction of sp³-hybridized carbons (Fsp3) is 0.400. The zero-order valence-corrected chi connectivity index (χ0v) is 17.6. The summed E-state index contributed by atoms with van der Waals surface area (Å²) in [7, 11) is 0. The van der Waals surface area contributed by atoms with Crippen LogP contribution in [0.1, 0.15) is 27.2 Å². The molecule has 4 heterocycles. The molecule has 1 aliphatic heterocycles. The Hall–Kier alpha value is -2.78. The Balaban J connectivity index is 1.61. The highest BCUT2D eigenvalue weighted by atomic mass is 32.1. The van der Waals surface area contributed by atoms with Crippen LogP contribution in [0.3, 0.4) is 0 Å². The van der Waals surface area contributed by atoms with Crippen molar-refractivity contribution in [3.05, 3.63) is 29.8 Å². The number of nitrogens with zero attached hydrogens (tertiary/aromatic N) is 3. The number of hydrogen-bond donors (Lipinski definition) is 4. The number of urea groups is 1. The second-order valence-corrected chi connectivity index (χ2v) is 9.04. The summed E-state index contributed by atoms with van der Waals surface area (Å²) in [4.78, 5) is 25.9. The maximum absolute atomic E-state index is 12.2. The Labute approximate surface area is 173 Å². The molecule has 0 aliphatic carbocycles. The molecule has 0 bridgehead atoms. The van der Waals surface area contributed by atoms with Gasteiger partial charge in [-0.15, -0.1) is 11.3 Å². The quantitative estimate of drug-likeness (QED) is 0.524. The van der Waals surface area contributed by atoms with Gasteiger partial charge in [-0.3, -0.25) is 5.32 Å². The third kappa shape index (κ3) is 4.80. The highest BCUT2D eigenvalue weighted by molar-refractivity contribution is 7.17. The van der Waals surface area contributed by atoms with E-state index < -0.39 is 0 Å². The lowest BCUT2D eigenvalue weighted by atomic mass is 10.1. The standard InChI is InChI=1S/C20H25N7OS/c1-20(2,3)27-19(28)25-15-10-12(4-8-22-15)17-24-14-6-9-29-16(14)18(26-17)23-13-5-7-21-11-13/h4,6,8-10,13,21H,5,7,11H2,1-3H3,(H,23,24,26)(H2,22,25,27,28). The number of anilines is 2. The highest BCUT2D eigenvalue weighted by Crippen LogP contribution is 2.30. The Morgan fingerprint density at radius 3 is 2.90 bits per heavy atom. The molecule has 152 valence electrons. The molecule has 3 aromatic heterocycles. The maximum Gasteiger partial charge on any atom is 0.320 e. The van der Waals surface area contributed by atoms with Crippen molar-refractivity contribution in [1.29, 1.82) is 0 Å². The molecule has 9 heteroatoms. The summed E-state index contributed by atoms with van der Waals surface area (Å²) >= 11 is 1.63. The van der Waals surface area contributed by atoms with E-state index in [0.717, 1.165) is 41.1 Å². The first-order valence-corrected chi connectivity index (χ1v) is 10.5. The monoisotopic (exact) mass is 411 g/mol. The summed E-state index contributed by atoms with van der Waals surface area (Å²) in [6.45, 7) is 7.72. The molecule has 0 aromatic carbocycles. The van der Waals surface area contributed by atoms with E-state index in [0.29, 0.717) is 17.7 Å². The molecule has 4 rings (SSSR count). The topological polar surface area (TPSA) is 104 Å². The number of fused-ring (bicyclic) bond motifs is 1. The van der Waals surface area contributed by atoms with Gasteiger partial charge in [0.1, 0.15) is 11.6 Å². The van der Waals surface area contributed by atoms with Gasteiger partial charge in [0.2, 0.25) is 0 Å². The van der Waals surface area contributed by atoms with Crippen LogP contribution in [0.5, 0.6) is 0 Å². The molecule has 1 atom stereocenters. The fourth-order valence-corrected chi connectivity index (χ4v) is 3.97. The maximum atomic E-state index is 12.2. The van der Waals surface area contributed by atoms with Crippen molar-refractivity contribution in [2.75, 3.05) is 23.7 Å². The predicted octanol–water partition coefficient (Wildman–Crippen LogP) is 3.45. The highest BCUT2D eigenvalue weighted by Gasteiger charge is 2.18. The fourth-order valence-electron chi connectivity index (χ4n) is 3.19. The number of carbonyl (C=O) groups is 1. The van der Waals surface area contributed by atoms with Crippen LogP contribution in [-0.4, -0.2) is 45.7 Å². The molecule has 4 N–H and O–H groups in total. The lowest BCUT2D eigenvalue weighted by molar-refractivity contribution is 0.243. The van der Waals surface area contributed by atoms with Crippen LogP contribution in [0.25, 0.3) is 21.6 Å². The number of hydrogen-bond acceptors (Lipinski definition) is 7. The van der Waals surface area contributed by atoms with Crippen molar-refractivity contribution in [2.24, 2.45) is 0 Å². The number of nitrogens with one attached hydrogen (secondary N) is 4. The number of rotatable bonds is 4. The summed E-state index contributed by atoms with van der Waals surface area (Å²) in [5, 5.41) is 14.6. The van der Waals surface area contributed by atoms with Crippen LogP contribution >= 0.6 is 11.3 Å². The van der Waals surface area contributed by atoms with Gasteiger partial charge in [0.15, 0.2) is 5.82 Å². The number of amides is 2. The third-order valence-corrected chi connectivity index (χ3v) is 5.36. The summed E-state index contributed by atoms with van der Waals surface area (Å²) < 4.78 is 1.05. The first-order valence-electron chi connectivity index (χ1n) is 9.65. The van der Waals surface area contributed by atoms with Crippen molar-refractivity contribution < 1.29 is 4.79 Å². The van der Waals surface area contributed by atoms with Crippen molar-refractivity contribution in [2.45, 2.75) is 38.8 Å². The largest absolute Gasteiger partial charge is 0.365 e. The van der Waals surface area contributed by atoms with Crippen molar-refractivity contribution in [1.82, 2.24) is 25.6 Å². The second-order valence-electron chi connectivity index (χ2n) is 8.12. The SMILES string of the molecule is CC(C)(C)NC(=O)Nc1cc(-c2nc(NC3CCNC3)c3sccc3n2)ccn1. The van der Waals surface area contributed by atoms with Crippen LogP contribution in [0.4, 0.5) is 16.4 Å². The number of thiophene rings is 1. The minimum absolute atomic E-state index is 0.299. The summed E-state index contributed by atoms with van der Waals surface area (Å²) in [5.41, 5.74) is 1.38. The van der Waals surface area contributed by atoms with Gasteiger partial charge < -0.3 is 16.0 Å². The van der Waals surface area contributed by atoms with Gasteiger partial charge in [-0.2, -0.15) is 0 Å². The van der Waals surface area contributed by atoms with Crippen LogP contribution in [0.15, 0.2) is 29.8 Å². The number of aromatic nitrogens is 3. The van der Waals surface area contributed by atoms with E-state index in [-0.39, 0.29) is 11.6 Å². The van der Waals surface area contributed by atoms with E-state index >= 15 is 0 Å². The molecule has 1 saturated heterocycles. The molecule has 2 amide bonds. The third-order valence-electron chi connectivity index (χ3n) is 4.45. The van der Waals surface area contributed by atoms with Crippen molar-refractivity contribution in [3.8, 4) is 11.4 Å². The average Bonchev–Trinajstić information content (AvgIpc) is 3.31. The first kappa shape index (κ1) is 19.5. The molecular formula is C20H25N7OS. The first-order chi connectivity index (χ1) is 13.9. The van der Waals surface area contributed by atoms with Gasteiger partial charge in [-0.1, -0.05) is 0 Å². The minimum atomic E-state index is -0.329. The lowest BCUT2D eigenvalue weighted by Crippen LogP contribution is -2.43. The molecule has 29 heavy (non-hydrogen) atoms. The van der Waals surface area contributed by atoms with Crippen LogP contribution in [-0.2, 0) is 0 Å². The number of pyridine rings is 1. The Kier molecular flexibility index (Phi) is 5.33. The minimum Gasteiger partial charge on any atom is -0.365 e. The van der Waals surface area contributed by atoms with E-state index in [1.807, 2.05) is 38.3 Å².